The molecule has 2 unspecified atom stereocenters. The highest BCUT2D eigenvalue weighted by molar-refractivity contribution is 5.54. The lowest BCUT2D eigenvalue weighted by molar-refractivity contribution is 0.0572. The second-order valence-corrected chi connectivity index (χ2v) is 3.97. The van der Waals surface area contributed by atoms with Crippen LogP contribution >= 0.6 is 0 Å². The molecule has 1 aromatic rings. The molecule has 1 aromatic carbocycles. The third-order valence-electron chi connectivity index (χ3n) is 2.81. The number of aliphatic hydroxyl groups is 3. The molecule has 0 aromatic heterocycles. The van der Waals surface area contributed by atoms with Gasteiger partial charge in [-0.3, -0.25) is 0 Å². The van der Waals surface area contributed by atoms with Gasteiger partial charge in [0, 0.05) is 24.3 Å². The molecule has 2 rings (SSSR count). The van der Waals surface area contributed by atoms with Crippen molar-refractivity contribution in [3.05, 3.63) is 29.6 Å². The molecule has 0 amide bonds. The van der Waals surface area contributed by atoms with Crippen LogP contribution in [0.5, 0.6) is 0 Å². The Morgan fingerprint density at radius 3 is 2.44 bits per heavy atom. The van der Waals surface area contributed by atoms with E-state index >= 15 is 0 Å². The summed E-state index contributed by atoms with van der Waals surface area (Å²) < 4.78 is 12.9. The van der Waals surface area contributed by atoms with Crippen molar-refractivity contribution in [1.29, 1.82) is 0 Å². The van der Waals surface area contributed by atoms with Crippen molar-refractivity contribution in [2.45, 2.75) is 18.8 Å². The third-order valence-corrected chi connectivity index (χ3v) is 2.81. The first-order chi connectivity index (χ1) is 7.61. The van der Waals surface area contributed by atoms with Crippen molar-refractivity contribution < 1.29 is 19.7 Å². The van der Waals surface area contributed by atoms with Gasteiger partial charge in [-0.15, -0.1) is 0 Å². The molecule has 0 spiro atoms. The zero-order chi connectivity index (χ0) is 11.7. The van der Waals surface area contributed by atoms with Gasteiger partial charge in [-0.1, -0.05) is 0 Å². The summed E-state index contributed by atoms with van der Waals surface area (Å²) in [4.78, 5) is 1.74. The maximum absolute atomic E-state index is 12.9. The van der Waals surface area contributed by atoms with Crippen molar-refractivity contribution in [2.24, 2.45) is 0 Å². The number of anilines is 1. The number of rotatable bonds is 2. The predicted octanol–water partition coefficient (Wildman–Crippen LogP) is -0.140. The zero-order valence-corrected chi connectivity index (χ0v) is 8.67. The SMILES string of the molecule is OCc1cc(F)ccc1N1CC(O)C(O)C1. The van der Waals surface area contributed by atoms with Gasteiger partial charge in [0.1, 0.15) is 5.82 Å². The second-order valence-electron chi connectivity index (χ2n) is 3.97. The second kappa shape index (κ2) is 4.37. The van der Waals surface area contributed by atoms with E-state index in [1.165, 1.54) is 12.1 Å². The van der Waals surface area contributed by atoms with Crippen LogP contribution in [0.4, 0.5) is 10.1 Å². The number of halogens is 1. The van der Waals surface area contributed by atoms with Crippen molar-refractivity contribution in [3.8, 4) is 0 Å². The van der Waals surface area contributed by atoms with E-state index in [0.29, 0.717) is 24.3 Å². The molecule has 1 fully saturated rings. The molecule has 88 valence electrons. The Kier molecular flexibility index (Phi) is 3.09. The van der Waals surface area contributed by atoms with Gasteiger partial charge in [-0.25, -0.2) is 4.39 Å². The molecule has 1 heterocycles. The Morgan fingerprint density at radius 1 is 1.25 bits per heavy atom. The molecular formula is C11H14FNO3. The average Bonchev–Trinajstić information content (AvgIpc) is 2.59. The summed E-state index contributed by atoms with van der Waals surface area (Å²) in [6.07, 6.45) is -1.59. The molecule has 0 aliphatic carbocycles. The maximum atomic E-state index is 12.9. The number of nitrogens with zero attached hydrogens (tertiary/aromatic N) is 1. The fourth-order valence-corrected chi connectivity index (χ4v) is 1.96. The minimum Gasteiger partial charge on any atom is -0.392 e. The van der Waals surface area contributed by atoms with E-state index in [2.05, 4.69) is 0 Å². The van der Waals surface area contributed by atoms with Gasteiger partial charge in [0.25, 0.3) is 0 Å². The van der Waals surface area contributed by atoms with Gasteiger partial charge < -0.3 is 20.2 Å². The largest absolute Gasteiger partial charge is 0.392 e. The first kappa shape index (κ1) is 11.3. The third kappa shape index (κ3) is 2.02. The molecular weight excluding hydrogens is 213 g/mol. The molecule has 16 heavy (non-hydrogen) atoms. The lowest BCUT2D eigenvalue weighted by Crippen LogP contribution is -2.22. The van der Waals surface area contributed by atoms with E-state index in [9.17, 15) is 14.6 Å². The summed E-state index contributed by atoms with van der Waals surface area (Å²) in [5.41, 5.74) is 1.11. The molecule has 5 heteroatoms. The van der Waals surface area contributed by atoms with Gasteiger partial charge in [-0.05, 0) is 18.2 Å². The Hall–Kier alpha value is -1.17. The maximum Gasteiger partial charge on any atom is 0.123 e. The van der Waals surface area contributed by atoms with Crippen LogP contribution in [0.3, 0.4) is 0 Å². The lowest BCUT2D eigenvalue weighted by atomic mass is 10.1. The minimum absolute atomic E-state index is 0.268. The Bertz CT molecular complexity index is 375. The lowest BCUT2D eigenvalue weighted by Gasteiger charge is -2.20. The zero-order valence-electron chi connectivity index (χ0n) is 8.67. The summed E-state index contributed by atoms with van der Waals surface area (Å²) in [6.45, 7) is 0.315. The van der Waals surface area contributed by atoms with Crippen LogP contribution in [0.2, 0.25) is 0 Å². The number of aliphatic hydroxyl groups excluding tert-OH is 3. The average molecular weight is 227 g/mol. The normalized spacial score (nSPS) is 25.1. The van der Waals surface area contributed by atoms with E-state index in [4.69, 9.17) is 5.11 Å². The number of β-amino-alcohol motifs (C(OH)–C–C–N with tert-alkyl or cyclic N) is 2. The minimum atomic E-state index is -0.795. The molecule has 1 saturated heterocycles. The summed E-state index contributed by atoms with van der Waals surface area (Å²) in [6, 6.07) is 4.10. The van der Waals surface area contributed by atoms with E-state index in [-0.39, 0.29) is 6.61 Å². The molecule has 3 N–H and O–H groups in total. The molecule has 1 aliphatic rings. The number of hydrogen-bond donors (Lipinski definition) is 3. The highest BCUT2D eigenvalue weighted by atomic mass is 19.1. The molecule has 2 atom stereocenters. The number of benzene rings is 1. The van der Waals surface area contributed by atoms with E-state index in [0.717, 1.165) is 0 Å². The van der Waals surface area contributed by atoms with E-state index in [1.807, 2.05) is 0 Å². The molecule has 0 bridgehead atoms. The van der Waals surface area contributed by atoms with Crippen LogP contribution in [0.15, 0.2) is 18.2 Å². The fourth-order valence-electron chi connectivity index (χ4n) is 1.96. The van der Waals surface area contributed by atoms with Crippen LogP contribution in [0, 0.1) is 5.82 Å². The first-order valence-corrected chi connectivity index (χ1v) is 5.12. The van der Waals surface area contributed by atoms with Crippen molar-refractivity contribution in [3.63, 3.8) is 0 Å². The molecule has 0 saturated carbocycles. The summed E-state index contributed by atoms with van der Waals surface area (Å²) in [5.74, 6) is -0.409. The van der Waals surface area contributed by atoms with Gasteiger partial charge in [-0.2, -0.15) is 0 Å². The van der Waals surface area contributed by atoms with Crippen molar-refractivity contribution in [1.82, 2.24) is 0 Å². The van der Waals surface area contributed by atoms with Crippen molar-refractivity contribution in [2.75, 3.05) is 18.0 Å². The van der Waals surface area contributed by atoms with Crippen LogP contribution < -0.4 is 4.90 Å². The highest BCUT2D eigenvalue weighted by Crippen LogP contribution is 2.25. The van der Waals surface area contributed by atoms with Crippen molar-refractivity contribution >= 4 is 5.69 Å². The fraction of sp³-hybridized carbons (Fsp3) is 0.455. The highest BCUT2D eigenvalue weighted by Gasteiger charge is 2.30. The molecule has 0 radical (unpaired) electrons. The molecule has 1 aliphatic heterocycles. The van der Waals surface area contributed by atoms with Gasteiger partial charge in [0.15, 0.2) is 0 Å². The standard InChI is InChI=1S/C11H14FNO3/c12-8-1-2-9(7(3-8)6-14)13-4-10(15)11(16)5-13/h1-3,10-11,14-16H,4-6H2. The smallest absolute Gasteiger partial charge is 0.123 e. The van der Waals surface area contributed by atoms with Gasteiger partial charge in [0.05, 0.1) is 18.8 Å². The monoisotopic (exact) mass is 227 g/mol. The summed E-state index contributed by atoms with van der Waals surface area (Å²) >= 11 is 0. The topological polar surface area (TPSA) is 63.9 Å². The van der Waals surface area contributed by atoms with E-state index < -0.39 is 18.0 Å². The first-order valence-electron chi connectivity index (χ1n) is 5.12. The van der Waals surface area contributed by atoms with Crippen LogP contribution in [0.1, 0.15) is 5.56 Å². The Morgan fingerprint density at radius 2 is 1.88 bits per heavy atom. The van der Waals surface area contributed by atoms with Crippen LogP contribution in [0.25, 0.3) is 0 Å². The summed E-state index contributed by atoms with van der Waals surface area (Å²) in [5, 5.41) is 28.0. The molecule has 4 nitrogen and oxygen atoms in total. The van der Waals surface area contributed by atoms with Gasteiger partial charge >= 0.3 is 0 Å². The Labute approximate surface area is 92.6 Å². The van der Waals surface area contributed by atoms with Crippen LogP contribution in [-0.4, -0.2) is 40.6 Å². The predicted molar refractivity (Wildman–Crippen MR) is 56.5 cm³/mol. The quantitative estimate of drug-likeness (QED) is 0.658. The Balaban J connectivity index is 2.27. The van der Waals surface area contributed by atoms with E-state index in [1.54, 1.807) is 11.0 Å². The summed E-state index contributed by atoms with van der Waals surface area (Å²) in [7, 11) is 0. The number of hydrogen-bond acceptors (Lipinski definition) is 4. The van der Waals surface area contributed by atoms with Gasteiger partial charge in [0.2, 0.25) is 0 Å². The van der Waals surface area contributed by atoms with Crippen LogP contribution in [-0.2, 0) is 6.61 Å².